The van der Waals surface area contributed by atoms with Gasteiger partial charge in [-0.25, -0.2) is 0 Å². The van der Waals surface area contributed by atoms with Gasteiger partial charge in [-0.2, -0.15) is 0 Å². The van der Waals surface area contributed by atoms with E-state index in [4.69, 9.17) is 9.47 Å². The van der Waals surface area contributed by atoms with Crippen LogP contribution in [0.5, 0.6) is 11.5 Å². The first-order valence-corrected chi connectivity index (χ1v) is 11.1. The van der Waals surface area contributed by atoms with Gasteiger partial charge in [-0.3, -0.25) is 4.79 Å². The second kappa shape index (κ2) is 10.5. The molecule has 168 valence electrons. The Hall–Kier alpha value is -2.73. The lowest BCUT2D eigenvalue weighted by Crippen LogP contribution is -3.15. The van der Waals surface area contributed by atoms with Crippen LogP contribution in [-0.4, -0.2) is 64.3 Å². The summed E-state index contributed by atoms with van der Waals surface area (Å²) in [7, 11) is 3.26. The van der Waals surface area contributed by atoms with Crippen molar-refractivity contribution in [2.75, 3.05) is 58.4 Å². The van der Waals surface area contributed by atoms with Gasteiger partial charge in [0.2, 0.25) is 0 Å². The molecule has 1 heterocycles. The molecule has 0 radical (unpaired) electrons. The number of carbonyl (C=O) groups excluding carboxylic acids is 1. The van der Waals surface area contributed by atoms with Crippen molar-refractivity contribution in [3.63, 3.8) is 0 Å². The summed E-state index contributed by atoms with van der Waals surface area (Å²) in [6.45, 7) is 12.1. The van der Waals surface area contributed by atoms with E-state index in [2.05, 4.69) is 36.9 Å². The highest BCUT2D eigenvalue weighted by molar-refractivity contribution is 5.77. The first kappa shape index (κ1) is 22.9. The fourth-order valence-electron chi connectivity index (χ4n) is 4.22. The van der Waals surface area contributed by atoms with Crippen LogP contribution in [0.2, 0.25) is 0 Å². The van der Waals surface area contributed by atoms with Crippen LogP contribution >= 0.6 is 0 Å². The maximum Gasteiger partial charge on any atom is 0.278 e. The molecular weight excluding hydrogens is 390 g/mol. The monoisotopic (exact) mass is 426 g/mol. The van der Waals surface area contributed by atoms with Gasteiger partial charge < -0.3 is 24.2 Å². The molecule has 0 atom stereocenters. The summed E-state index contributed by atoms with van der Waals surface area (Å²) in [4.78, 5) is 18.7. The first-order valence-electron chi connectivity index (χ1n) is 11.1. The van der Waals surface area contributed by atoms with Crippen molar-refractivity contribution in [3.8, 4) is 11.5 Å². The number of likely N-dealkylation sites (N-methyl/N-ethyl adjacent to an activating group) is 1. The van der Waals surface area contributed by atoms with Gasteiger partial charge in [0.05, 0.1) is 40.4 Å². The average Bonchev–Trinajstić information content (AvgIpc) is 2.79. The zero-order chi connectivity index (χ0) is 22.4. The van der Waals surface area contributed by atoms with E-state index in [9.17, 15) is 4.79 Å². The van der Waals surface area contributed by atoms with Gasteiger partial charge in [-0.05, 0) is 55.7 Å². The number of carbonyl (C=O) groups is 1. The van der Waals surface area contributed by atoms with E-state index >= 15 is 0 Å². The van der Waals surface area contributed by atoms with Crippen LogP contribution in [0.4, 0.5) is 5.69 Å². The number of aryl methyl sites for hydroxylation is 1. The van der Waals surface area contributed by atoms with E-state index < -0.39 is 0 Å². The Morgan fingerprint density at radius 1 is 1.06 bits per heavy atom. The summed E-state index contributed by atoms with van der Waals surface area (Å²) >= 11 is 0. The van der Waals surface area contributed by atoms with Crippen molar-refractivity contribution in [1.82, 2.24) is 4.90 Å². The SMILES string of the molecule is CCN(Cc1ccc(OC)c(OC)c1)C(=O)C[NH+]1CCN(c2cccc(C)c2C)CC1. The molecule has 3 rings (SSSR count). The third kappa shape index (κ3) is 5.50. The van der Waals surface area contributed by atoms with Crippen LogP contribution in [0, 0.1) is 13.8 Å². The minimum Gasteiger partial charge on any atom is -0.493 e. The lowest BCUT2D eigenvalue weighted by Gasteiger charge is -2.35. The van der Waals surface area contributed by atoms with E-state index in [-0.39, 0.29) is 5.91 Å². The van der Waals surface area contributed by atoms with E-state index in [0.29, 0.717) is 31.1 Å². The molecule has 0 aromatic heterocycles. The number of anilines is 1. The van der Waals surface area contributed by atoms with Crippen molar-refractivity contribution in [2.45, 2.75) is 27.3 Å². The fourth-order valence-corrected chi connectivity index (χ4v) is 4.22. The van der Waals surface area contributed by atoms with Crippen molar-refractivity contribution < 1.29 is 19.2 Å². The highest BCUT2D eigenvalue weighted by atomic mass is 16.5. The molecule has 0 aliphatic carbocycles. The van der Waals surface area contributed by atoms with Crippen LogP contribution in [0.3, 0.4) is 0 Å². The van der Waals surface area contributed by atoms with Gasteiger partial charge in [0.15, 0.2) is 18.0 Å². The van der Waals surface area contributed by atoms with Crippen LogP contribution in [0.25, 0.3) is 0 Å². The number of nitrogens with one attached hydrogen (secondary N) is 1. The number of ether oxygens (including phenoxy) is 2. The number of nitrogens with zero attached hydrogens (tertiary/aromatic N) is 2. The van der Waals surface area contributed by atoms with Crippen LogP contribution < -0.4 is 19.3 Å². The molecule has 6 heteroatoms. The molecule has 0 saturated carbocycles. The summed E-state index contributed by atoms with van der Waals surface area (Å²) < 4.78 is 10.7. The van der Waals surface area contributed by atoms with Gasteiger partial charge >= 0.3 is 0 Å². The predicted molar refractivity (Wildman–Crippen MR) is 124 cm³/mol. The standard InChI is InChI=1S/C25H35N3O3/c1-6-27(17-21-10-11-23(30-4)24(16-21)31-5)25(29)18-26-12-14-28(15-13-26)22-9-7-8-19(2)20(22)3/h7-11,16H,6,12-15,17-18H2,1-5H3/p+1. The van der Waals surface area contributed by atoms with Crippen LogP contribution in [0.1, 0.15) is 23.6 Å². The molecule has 2 aromatic rings. The van der Waals surface area contributed by atoms with E-state index in [1.54, 1.807) is 14.2 Å². The van der Waals surface area contributed by atoms with Gasteiger partial charge in [0, 0.05) is 18.8 Å². The van der Waals surface area contributed by atoms with Gasteiger partial charge in [-0.15, -0.1) is 0 Å². The quantitative estimate of drug-likeness (QED) is 0.702. The summed E-state index contributed by atoms with van der Waals surface area (Å²) in [5.41, 5.74) is 5.06. The molecule has 0 spiro atoms. The smallest absolute Gasteiger partial charge is 0.278 e. The largest absolute Gasteiger partial charge is 0.493 e. The maximum atomic E-state index is 13.0. The minimum atomic E-state index is 0.201. The van der Waals surface area contributed by atoms with E-state index in [0.717, 1.165) is 31.7 Å². The number of hydrogen-bond donors (Lipinski definition) is 1. The highest BCUT2D eigenvalue weighted by Crippen LogP contribution is 2.28. The third-order valence-electron chi connectivity index (χ3n) is 6.34. The van der Waals surface area contributed by atoms with Crippen molar-refractivity contribution in [3.05, 3.63) is 53.1 Å². The molecule has 0 bridgehead atoms. The lowest BCUT2D eigenvalue weighted by atomic mass is 10.1. The maximum absolute atomic E-state index is 13.0. The molecule has 1 N–H and O–H groups in total. The normalized spacial score (nSPS) is 14.4. The Labute approximate surface area is 186 Å². The number of rotatable bonds is 8. The Morgan fingerprint density at radius 2 is 1.77 bits per heavy atom. The van der Waals surface area contributed by atoms with Gasteiger partial charge in [0.25, 0.3) is 5.91 Å². The fraction of sp³-hybridized carbons (Fsp3) is 0.480. The average molecular weight is 427 g/mol. The second-order valence-corrected chi connectivity index (χ2v) is 8.23. The molecule has 1 amide bonds. The zero-order valence-electron chi connectivity index (χ0n) is 19.5. The number of amides is 1. The molecule has 1 fully saturated rings. The van der Waals surface area contributed by atoms with Crippen molar-refractivity contribution in [2.24, 2.45) is 0 Å². The summed E-state index contributed by atoms with van der Waals surface area (Å²) in [5, 5.41) is 0. The van der Waals surface area contributed by atoms with Gasteiger partial charge in [0.1, 0.15) is 0 Å². The first-order chi connectivity index (χ1) is 15.0. The number of piperazine rings is 1. The molecule has 6 nitrogen and oxygen atoms in total. The van der Waals surface area contributed by atoms with Crippen molar-refractivity contribution >= 4 is 11.6 Å². The Morgan fingerprint density at radius 3 is 2.42 bits per heavy atom. The van der Waals surface area contributed by atoms with Crippen molar-refractivity contribution in [1.29, 1.82) is 0 Å². The Balaban J connectivity index is 1.56. The van der Waals surface area contributed by atoms with Gasteiger partial charge in [-0.1, -0.05) is 18.2 Å². The van der Waals surface area contributed by atoms with E-state index in [1.165, 1.54) is 21.7 Å². The van der Waals surface area contributed by atoms with Crippen LogP contribution in [0.15, 0.2) is 36.4 Å². The number of benzene rings is 2. The number of hydrogen-bond acceptors (Lipinski definition) is 4. The van der Waals surface area contributed by atoms with E-state index in [1.807, 2.05) is 30.0 Å². The zero-order valence-corrected chi connectivity index (χ0v) is 19.5. The van der Waals surface area contributed by atoms with Crippen LogP contribution in [-0.2, 0) is 11.3 Å². The summed E-state index contributed by atoms with van der Waals surface area (Å²) in [6, 6.07) is 12.3. The molecule has 1 saturated heterocycles. The summed E-state index contributed by atoms with van der Waals surface area (Å²) in [5.74, 6) is 1.59. The molecule has 31 heavy (non-hydrogen) atoms. The minimum absolute atomic E-state index is 0.201. The lowest BCUT2D eigenvalue weighted by molar-refractivity contribution is -0.892. The molecular formula is C25H36N3O3+. The molecule has 1 aliphatic rings. The molecule has 2 aromatic carbocycles. The Kier molecular flexibility index (Phi) is 7.80. The topological polar surface area (TPSA) is 46.5 Å². The summed E-state index contributed by atoms with van der Waals surface area (Å²) in [6.07, 6.45) is 0. The molecule has 0 unspecified atom stereocenters. The molecule has 1 aliphatic heterocycles. The third-order valence-corrected chi connectivity index (χ3v) is 6.34. The highest BCUT2D eigenvalue weighted by Gasteiger charge is 2.25. The Bertz CT molecular complexity index is 892. The number of methoxy groups -OCH3 is 2. The number of quaternary nitrogens is 1. The predicted octanol–water partition coefficient (Wildman–Crippen LogP) is 2.07. The second-order valence-electron chi connectivity index (χ2n) is 8.23.